The van der Waals surface area contributed by atoms with Gasteiger partial charge in [-0.1, -0.05) is 49.4 Å². The van der Waals surface area contributed by atoms with Gasteiger partial charge in [-0.25, -0.2) is 15.6 Å². The van der Waals surface area contributed by atoms with Crippen LogP contribution in [0.15, 0.2) is 67.0 Å². The first kappa shape index (κ1) is 30.1. The zero-order valence-corrected chi connectivity index (χ0v) is 23.7. The summed E-state index contributed by atoms with van der Waals surface area (Å²) in [5.74, 6) is 9.39. The maximum Gasteiger partial charge on any atom is 0.327 e. The number of amides is 2. The number of hydrogen-bond donors (Lipinski definition) is 4. The summed E-state index contributed by atoms with van der Waals surface area (Å²) in [6.07, 6.45) is 3.17. The molecule has 1 unspecified atom stereocenters. The minimum Gasteiger partial charge on any atom is -0.480 e. The van der Waals surface area contributed by atoms with E-state index in [1.54, 1.807) is 36.7 Å². The van der Waals surface area contributed by atoms with Gasteiger partial charge in [-0.2, -0.15) is 0 Å². The second-order valence-corrected chi connectivity index (χ2v) is 10.3. The molecule has 214 valence electrons. The van der Waals surface area contributed by atoms with Gasteiger partial charge in [0.1, 0.15) is 6.04 Å². The number of rotatable bonds is 8. The molecule has 0 bridgehead atoms. The molecule has 0 saturated carbocycles. The molecule has 2 aromatic heterocycles. The highest BCUT2D eigenvalue weighted by molar-refractivity contribution is 6.32. The number of nitrogens with one attached hydrogen (secondary N) is 1. The molecule has 0 aliphatic carbocycles. The molecule has 6 N–H and O–H groups in total. The summed E-state index contributed by atoms with van der Waals surface area (Å²) in [6, 6.07) is 14.2. The molecule has 0 saturated heterocycles. The first-order chi connectivity index (χ1) is 20.1. The van der Waals surface area contributed by atoms with Gasteiger partial charge in [0.15, 0.2) is 0 Å². The lowest BCUT2D eigenvalue weighted by Crippen LogP contribution is -2.50. The Hall–Kier alpha value is -4.82. The number of carboxylic acids is 1. The molecule has 2 aromatic carbocycles. The van der Waals surface area contributed by atoms with E-state index in [0.29, 0.717) is 33.3 Å². The Balaban J connectivity index is 1.57. The van der Waals surface area contributed by atoms with E-state index in [4.69, 9.17) is 23.2 Å². The number of pyridine rings is 2. The first-order valence-electron chi connectivity index (χ1n) is 13.0. The van der Waals surface area contributed by atoms with Gasteiger partial charge in [0.05, 0.1) is 21.8 Å². The average Bonchev–Trinajstić information content (AvgIpc) is 2.98. The Morgan fingerprint density at radius 2 is 1.81 bits per heavy atom. The van der Waals surface area contributed by atoms with Gasteiger partial charge in [-0.3, -0.25) is 20.0 Å². The topological polar surface area (TPSA) is 165 Å². The standard InChI is InChI=1S/C31H29ClN6O4/c1-18(2)17-38(28(15-33)31(41)42)30(40)22-10-9-20(25(32)13-22)6-3-19-4-7-21(8-5-19)27-14-23(29(39)37-34)24-16-35-12-11-26(24)36-27/h4-5,7-14,16,18,28H,15,17,33-34H2,1-2H3,(H,37,39)(H,41,42). The summed E-state index contributed by atoms with van der Waals surface area (Å²) >= 11 is 6.46. The van der Waals surface area contributed by atoms with Crippen molar-refractivity contribution in [3.05, 3.63) is 94.3 Å². The van der Waals surface area contributed by atoms with Crippen LogP contribution in [0.25, 0.3) is 22.2 Å². The van der Waals surface area contributed by atoms with Crippen LogP contribution in [0.3, 0.4) is 0 Å². The Labute approximate surface area is 247 Å². The SMILES string of the molecule is CC(C)CN(C(=O)c1ccc(C#Cc2ccc(-c3cc(C(=O)NN)c4cnccc4n3)cc2)c(Cl)c1)C(CN)C(=O)O. The molecule has 0 aliphatic heterocycles. The zero-order valence-electron chi connectivity index (χ0n) is 23.0. The summed E-state index contributed by atoms with van der Waals surface area (Å²) in [5.41, 5.74) is 11.6. The number of carbonyl (C=O) groups is 3. The maximum absolute atomic E-state index is 13.2. The number of aliphatic carboxylic acids is 1. The number of aromatic nitrogens is 2. The fourth-order valence-electron chi connectivity index (χ4n) is 4.37. The van der Waals surface area contributed by atoms with Gasteiger partial charge in [0, 0.05) is 53.1 Å². The van der Waals surface area contributed by atoms with Crippen LogP contribution in [0.1, 0.15) is 45.7 Å². The second-order valence-electron chi connectivity index (χ2n) is 9.88. The highest BCUT2D eigenvalue weighted by Crippen LogP contribution is 2.25. The van der Waals surface area contributed by atoms with E-state index in [0.717, 1.165) is 5.56 Å². The molecule has 4 rings (SSSR count). The van der Waals surface area contributed by atoms with Gasteiger partial charge in [-0.05, 0) is 48.4 Å². The van der Waals surface area contributed by atoms with E-state index in [9.17, 15) is 19.5 Å². The van der Waals surface area contributed by atoms with Crippen molar-refractivity contribution >= 4 is 40.3 Å². The van der Waals surface area contributed by atoms with E-state index in [2.05, 4.69) is 27.2 Å². The van der Waals surface area contributed by atoms with Crippen LogP contribution < -0.4 is 17.0 Å². The van der Waals surface area contributed by atoms with E-state index >= 15 is 0 Å². The summed E-state index contributed by atoms with van der Waals surface area (Å²) in [4.78, 5) is 47.2. The Morgan fingerprint density at radius 3 is 2.43 bits per heavy atom. The van der Waals surface area contributed by atoms with Crippen LogP contribution in [-0.2, 0) is 4.79 Å². The minimum atomic E-state index is -1.17. The highest BCUT2D eigenvalue weighted by Gasteiger charge is 2.30. The van der Waals surface area contributed by atoms with Crippen LogP contribution in [0.2, 0.25) is 5.02 Å². The third-order valence-corrected chi connectivity index (χ3v) is 6.74. The molecule has 2 amide bonds. The quantitative estimate of drug-likeness (QED) is 0.106. The number of nitrogen functional groups attached to an aromatic ring is 1. The first-order valence-corrected chi connectivity index (χ1v) is 13.4. The number of hydrogen-bond acceptors (Lipinski definition) is 7. The van der Waals surface area contributed by atoms with Gasteiger partial charge >= 0.3 is 5.97 Å². The Bertz CT molecular complexity index is 1710. The monoisotopic (exact) mass is 584 g/mol. The molecule has 2 heterocycles. The van der Waals surface area contributed by atoms with Gasteiger partial charge in [-0.15, -0.1) is 0 Å². The van der Waals surface area contributed by atoms with E-state index in [-0.39, 0.29) is 29.6 Å². The highest BCUT2D eigenvalue weighted by atomic mass is 35.5. The van der Waals surface area contributed by atoms with Gasteiger partial charge in [0.25, 0.3) is 11.8 Å². The van der Waals surface area contributed by atoms with Gasteiger partial charge in [0.2, 0.25) is 0 Å². The number of nitrogens with zero attached hydrogens (tertiary/aromatic N) is 3. The number of fused-ring (bicyclic) bond motifs is 1. The van der Waals surface area contributed by atoms with Crippen molar-refractivity contribution in [1.82, 2.24) is 20.3 Å². The Kier molecular flexibility index (Phi) is 9.49. The van der Waals surface area contributed by atoms with E-state index < -0.39 is 23.8 Å². The molecular formula is C31H29ClN6O4. The summed E-state index contributed by atoms with van der Waals surface area (Å²) in [6.45, 7) is 3.81. The predicted octanol–water partition coefficient (Wildman–Crippen LogP) is 3.46. The summed E-state index contributed by atoms with van der Waals surface area (Å²) in [5, 5.41) is 10.4. The number of nitrogens with two attached hydrogens (primary N) is 2. The third kappa shape index (κ3) is 6.72. The van der Waals surface area contributed by atoms with Crippen molar-refractivity contribution < 1.29 is 19.5 Å². The molecule has 0 radical (unpaired) electrons. The molecule has 11 heteroatoms. The van der Waals surface area contributed by atoms with Gasteiger partial charge < -0.3 is 15.7 Å². The zero-order chi connectivity index (χ0) is 30.4. The average molecular weight is 585 g/mol. The number of benzene rings is 2. The van der Waals surface area contributed by atoms with Crippen molar-refractivity contribution in [2.24, 2.45) is 17.5 Å². The third-order valence-electron chi connectivity index (χ3n) is 6.43. The fourth-order valence-corrected chi connectivity index (χ4v) is 4.60. The lowest BCUT2D eigenvalue weighted by atomic mass is 10.0. The van der Waals surface area contributed by atoms with Crippen molar-refractivity contribution in [3.8, 4) is 23.1 Å². The lowest BCUT2D eigenvalue weighted by Gasteiger charge is -2.30. The van der Waals surface area contributed by atoms with Crippen LogP contribution in [-0.4, -0.2) is 56.9 Å². The number of hydrazine groups is 1. The van der Waals surface area contributed by atoms with Crippen LogP contribution in [0.5, 0.6) is 0 Å². The van der Waals surface area contributed by atoms with Crippen molar-refractivity contribution in [2.75, 3.05) is 13.1 Å². The summed E-state index contributed by atoms with van der Waals surface area (Å²) in [7, 11) is 0. The smallest absolute Gasteiger partial charge is 0.327 e. The normalized spacial score (nSPS) is 11.5. The van der Waals surface area contributed by atoms with Crippen molar-refractivity contribution in [1.29, 1.82) is 0 Å². The number of carbonyl (C=O) groups excluding carboxylic acids is 2. The fraction of sp³-hybridized carbons (Fsp3) is 0.194. The molecule has 4 aromatic rings. The molecule has 42 heavy (non-hydrogen) atoms. The Morgan fingerprint density at radius 1 is 1.07 bits per heavy atom. The number of carboxylic acid groups (broad SMARTS) is 1. The van der Waals surface area contributed by atoms with E-state index in [1.165, 1.54) is 11.0 Å². The van der Waals surface area contributed by atoms with Crippen LogP contribution in [0.4, 0.5) is 0 Å². The van der Waals surface area contributed by atoms with Crippen molar-refractivity contribution in [2.45, 2.75) is 19.9 Å². The second kappa shape index (κ2) is 13.2. The van der Waals surface area contributed by atoms with Crippen LogP contribution >= 0.6 is 11.6 Å². The molecule has 0 spiro atoms. The largest absolute Gasteiger partial charge is 0.480 e. The van der Waals surface area contributed by atoms with Crippen molar-refractivity contribution in [3.63, 3.8) is 0 Å². The summed E-state index contributed by atoms with van der Waals surface area (Å²) < 4.78 is 0. The molecule has 1 atom stereocenters. The predicted molar refractivity (Wildman–Crippen MR) is 160 cm³/mol. The molecule has 0 fully saturated rings. The molecule has 0 aliphatic rings. The maximum atomic E-state index is 13.2. The van der Waals surface area contributed by atoms with E-state index in [1.807, 2.05) is 38.1 Å². The number of halogens is 1. The lowest BCUT2D eigenvalue weighted by molar-refractivity contribution is -0.142. The molecular weight excluding hydrogens is 556 g/mol. The van der Waals surface area contributed by atoms with Crippen LogP contribution in [0, 0.1) is 17.8 Å². The molecule has 10 nitrogen and oxygen atoms in total. The minimum absolute atomic E-state index is 0.0381.